The monoisotopic (exact) mass is 317 g/mol. The molecule has 2 aliphatic rings. The van der Waals surface area contributed by atoms with Gasteiger partial charge < -0.3 is 14.4 Å². The summed E-state index contributed by atoms with van der Waals surface area (Å²) in [5.41, 5.74) is 0.693. The zero-order valence-corrected chi connectivity index (χ0v) is 14.2. The molecule has 3 heterocycles. The van der Waals surface area contributed by atoms with Gasteiger partial charge in [0.25, 0.3) is 5.91 Å². The van der Waals surface area contributed by atoms with E-state index in [0.29, 0.717) is 12.2 Å². The molecule has 2 saturated heterocycles. The summed E-state index contributed by atoms with van der Waals surface area (Å²) in [5, 5.41) is 0. The van der Waals surface area contributed by atoms with Crippen molar-refractivity contribution in [3.63, 3.8) is 0 Å². The second-order valence-electron chi connectivity index (χ2n) is 6.94. The Morgan fingerprint density at radius 2 is 1.83 bits per heavy atom. The van der Waals surface area contributed by atoms with Crippen molar-refractivity contribution in [3.8, 4) is 0 Å². The summed E-state index contributed by atoms with van der Waals surface area (Å²) in [4.78, 5) is 29.6. The predicted molar refractivity (Wildman–Crippen MR) is 89.3 cm³/mol. The lowest BCUT2D eigenvalue weighted by molar-refractivity contribution is -0.136. The van der Waals surface area contributed by atoms with E-state index >= 15 is 0 Å². The zero-order valence-electron chi connectivity index (χ0n) is 14.2. The Bertz CT molecular complexity index is 573. The van der Waals surface area contributed by atoms with Crippen molar-refractivity contribution in [2.45, 2.75) is 58.0 Å². The number of carbonyl (C=O) groups is 2. The van der Waals surface area contributed by atoms with Gasteiger partial charge in [-0.15, -0.1) is 0 Å². The van der Waals surface area contributed by atoms with E-state index in [2.05, 4.69) is 13.8 Å². The number of hydrogen-bond acceptors (Lipinski definition) is 2. The Morgan fingerprint density at radius 1 is 1.09 bits per heavy atom. The maximum absolute atomic E-state index is 13.0. The Hall–Kier alpha value is -1.78. The van der Waals surface area contributed by atoms with E-state index in [9.17, 15) is 9.59 Å². The molecule has 0 N–H and O–H groups in total. The molecule has 2 amide bonds. The van der Waals surface area contributed by atoms with Gasteiger partial charge in [0.1, 0.15) is 11.7 Å². The van der Waals surface area contributed by atoms with Gasteiger partial charge in [-0.2, -0.15) is 0 Å². The van der Waals surface area contributed by atoms with Crippen molar-refractivity contribution < 1.29 is 9.59 Å². The topological polar surface area (TPSA) is 45.6 Å². The van der Waals surface area contributed by atoms with E-state index in [0.717, 1.165) is 38.8 Å². The van der Waals surface area contributed by atoms with Crippen LogP contribution in [0.1, 0.15) is 62.5 Å². The van der Waals surface area contributed by atoms with Crippen LogP contribution in [0.2, 0.25) is 0 Å². The maximum atomic E-state index is 13.0. The second kappa shape index (κ2) is 6.77. The number of likely N-dealkylation sites (tertiary alicyclic amines) is 2. The summed E-state index contributed by atoms with van der Waals surface area (Å²) >= 11 is 0. The van der Waals surface area contributed by atoms with Crippen LogP contribution in [0, 0.1) is 0 Å². The molecule has 0 radical (unpaired) electrons. The zero-order chi connectivity index (χ0) is 16.4. The van der Waals surface area contributed by atoms with Gasteiger partial charge in [-0.05, 0) is 58.1 Å². The van der Waals surface area contributed by atoms with Crippen molar-refractivity contribution in [2.75, 3.05) is 19.6 Å². The Balaban J connectivity index is 1.76. The number of carbonyl (C=O) groups excluding carboxylic acids is 2. The van der Waals surface area contributed by atoms with Crippen LogP contribution in [0.5, 0.6) is 0 Å². The third-order valence-corrected chi connectivity index (χ3v) is 5.02. The van der Waals surface area contributed by atoms with Crippen molar-refractivity contribution in [1.29, 1.82) is 0 Å². The fourth-order valence-electron chi connectivity index (χ4n) is 3.76. The average molecular weight is 317 g/mol. The van der Waals surface area contributed by atoms with Gasteiger partial charge in [-0.1, -0.05) is 0 Å². The molecule has 126 valence electrons. The quantitative estimate of drug-likeness (QED) is 0.860. The molecule has 0 bridgehead atoms. The first-order chi connectivity index (χ1) is 11.1. The van der Waals surface area contributed by atoms with Gasteiger partial charge in [0.15, 0.2) is 0 Å². The van der Waals surface area contributed by atoms with Crippen molar-refractivity contribution in [2.24, 2.45) is 0 Å². The molecule has 0 spiro atoms. The molecule has 0 aliphatic carbocycles. The molecule has 2 aliphatic heterocycles. The summed E-state index contributed by atoms with van der Waals surface area (Å²) in [6, 6.07) is 3.74. The first-order valence-corrected chi connectivity index (χ1v) is 8.86. The highest BCUT2D eigenvalue weighted by Gasteiger charge is 2.37. The molecule has 5 nitrogen and oxygen atoms in total. The molecule has 1 atom stereocenters. The van der Waals surface area contributed by atoms with E-state index in [1.54, 1.807) is 4.90 Å². The van der Waals surface area contributed by atoms with Gasteiger partial charge >= 0.3 is 0 Å². The standard InChI is InChI=1S/C18H27N3O2/c1-14(2)20-12-6-9-16(20)18(23)21-13-7-8-15(21)17(22)19-10-4-3-5-11-19/h6,9,12,14-15H,3-5,7-8,10-11,13H2,1-2H3/t15-/m0/s1. The molecular weight excluding hydrogens is 290 g/mol. The molecule has 1 aromatic rings. The summed E-state index contributed by atoms with van der Waals surface area (Å²) in [6.07, 6.45) is 7.03. The fourth-order valence-corrected chi connectivity index (χ4v) is 3.76. The molecular formula is C18H27N3O2. The number of rotatable bonds is 3. The van der Waals surface area contributed by atoms with Crippen LogP contribution < -0.4 is 0 Å². The summed E-state index contributed by atoms with van der Waals surface area (Å²) in [7, 11) is 0. The fraction of sp³-hybridized carbons (Fsp3) is 0.667. The molecule has 1 aromatic heterocycles. The van der Waals surface area contributed by atoms with Crippen LogP contribution in [-0.2, 0) is 4.79 Å². The minimum atomic E-state index is -0.267. The first-order valence-electron chi connectivity index (χ1n) is 8.86. The largest absolute Gasteiger partial charge is 0.341 e. The summed E-state index contributed by atoms with van der Waals surface area (Å²) in [5.74, 6) is 0.148. The molecule has 0 saturated carbocycles. The molecule has 5 heteroatoms. The predicted octanol–water partition coefficient (Wildman–Crippen LogP) is 2.69. The maximum Gasteiger partial charge on any atom is 0.271 e. The number of aromatic nitrogens is 1. The van der Waals surface area contributed by atoms with E-state index in [1.165, 1.54) is 6.42 Å². The lowest BCUT2D eigenvalue weighted by atomic mass is 10.1. The summed E-state index contributed by atoms with van der Waals surface area (Å²) in [6.45, 7) is 6.51. The third-order valence-electron chi connectivity index (χ3n) is 5.02. The van der Waals surface area contributed by atoms with Crippen LogP contribution in [0.25, 0.3) is 0 Å². The number of amides is 2. The minimum Gasteiger partial charge on any atom is -0.341 e. The molecule has 2 fully saturated rings. The van der Waals surface area contributed by atoms with Crippen molar-refractivity contribution >= 4 is 11.8 Å². The van der Waals surface area contributed by atoms with Gasteiger partial charge in [0.05, 0.1) is 0 Å². The van der Waals surface area contributed by atoms with Gasteiger partial charge in [0.2, 0.25) is 5.91 Å². The number of hydrogen-bond donors (Lipinski definition) is 0. The normalized spacial score (nSPS) is 22.0. The molecule has 0 aromatic carbocycles. The Kier molecular flexibility index (Phi) is 4.74. The minimum absolute atomic E-state index is 0.00319. The van der Waals surface area contributed by atoms with Crippen LogP contribution >= 0.6 is 0 Å². The third kappa shape index (κ3) is 3.14. The van der Waals surface area contributed by atoms with E-state index in [-0.39, 0.29) is 23.9 Å². The highest BCUT2D eigenvalue weighted by molar-refractivity contribution is 5.97. The lowest BCUT2D eigenvalue weighted by Gasteiger charge is -2.32. The first kappa shape index (κ1) is 16.1. The highest BCUT2D eigenvalue weighted by Crippen LogP contribution is 2.24. The van der Waals surface area contributed by atoms with Gasteiger partial charge in [0, 0.05) is 31.9 Å². The second-order valence-corrected chi connectivity index (χ2v) is 6.94. The Labute approximate surface area is 138 Å². The van der Waals surface area contributed by atoms with Crippen molar-refractivity contribution in [3.05, 3.63) is 24.0 Å². The number of nitrogens with zero attached hydrogens (tertiary/aromatic N) is 3. The smallest absolute Gasteiger partial charge is 0.271 e. The van der Waals surface area contributed by atoms with Crippen LogP contribution in [0.3, 0.4) is 0 Å². The van der Waals surface area contributed by atoms with Crippen molar-refractivity contribution in [1.82, 2.24) is 14.4 Å². The Morgan fingerprint density at radius 3 is 2.52 bits per heavy atom. The molecule has 23 heavy (non-hydrogen) atoms. The van der Waals surface area contributed by atoms with Gasteiger partial charge in [-0.25, -0.2) is 0 Å². The van der Waals surface area contributed by atoms with Gasteiger partial charge in [-0.3, -0.25) is 9.59 Å². The molecule has 3 rings (SSSR count). The van der Waals surface area contributed by atoms with Crippen LogP contribution in [0.4, 0.5) is 0 Å². The average Bonchev–Trinajstić information content (AvgIpc) is 3.23. The van der Waals surface area contributed by atoms with E-state index < -0.39 is 0 Å². The lowest BCUT2D eigenvalue weighted by Crippen LogP contribution is -2.49. The SMILES string of the molecule is CC(C)n1cccc1C(=O)N1CCC[C@H]1C(=O)N1CCCCC1. The van der Waals surface area contributed by atoms with E-state index in [1.807, 2.05) is 27.8 Å². The van der Waals surface area contributed by atoms with E-state index in [4.69, 9.17) is 0 Å². The van der Waals surface area contributed by atoms with Crippen LogP contribution in [0.15, 0.2) is 18.3 Å². The highest BCUT2D eigenvalue weighted by atomic mass is 16.2. The molecule has 0 unspecified atom stereocenters. The summed E-state index contributed by atoms with van der Waals surface area (Å²) < 4.78 is 1.99. The van der Waals surface area contributed by atoms with Crippen LogP contribution in [-0.4, -0.2) is 51.9 Å². The number of piperidine rings is 1.